The van der Waals surface area contributed by atoms with Gasteiger partial charge in [-0.2, -0.15) is 0 Å². The van der Waals surface area contributed by atoms with Crippen LogP contribution in [0.5, 0.6) is 5.75 Å². The zero-order valence-corrected chi connectivity index (χ0v) is 13.2. The zero-order valence-electron chi connectivity index (χ0n) is 13.2. The van der Waals surface area contributed by atoms with Crippen LogP contribution < -0.4 is 15.4 Å². The van der Waals surface area contributed by atoms with Gasteiger partial charge in [0.1, 0.15) is 5.75 Å². The molecule has 0 atom stereocenters. The first kappa shape index (κ1) is 15.7. The predicted molar refractivity (Wildman–Crippen MR) is 86.9 cm³/mol. The molecule has 0 aromatic heterocycles. The molecule has 21 heavy (non-hydrogen) atoms. The van der Waals surface area contributed by atoms with Crippen molar-refractivity contribution in [2.45, 2.75) is 39.5 Å². The Hall–Kier alpha value is -1.71. The summed E-state index contributed by atoms with van der Waals surface area (Å²) < 4.78 is 5.39. The highest BCUT2D eigenvalue weighted by Crippen LogP contribution is 2.31. The van der Waals surface area contributed by atoms with Gasteiger partial charge in [0, 0.05) is 19.2 Å². The molecule has 1 aliphatic rings. The van der Waals surface area contributed by atoms with E-state index in [1.807, 2.05) is 18.2 Å². The van der Waals surface area contributed by atoms with Crippen LogP contribution in [0.2, 0.25) is 0 Å². The van der Waals surface area contributed by atoms with Gasteiger partial charge >= 0.3 is 0 Å². The number of benzene rings is 1. The van der Waals surface area contributed by atoms with E-state index < -0.39 is 0 Å². The second-order valence-electron chi connectivity index (χ2n) is 6.10. The normalized spacial score (nSPS) is 21.7. The van der Waals surface area contributed by atoms with Crippen LogP contribution >= 0.6 is 0 Å². The first-order valence-corrected chi connectivity index (χ1v) is 7.78. The lowest BCUT2D eigenvalue weighted by atomic mass is 9.83. The summed E-state index contributed by atoms with van der Waals surface area (Å²) in [4.78, 5) is 11.2. The lowest BCUT2D eigenvalue weighted by Gasteiger charge is -2.27. The Morgan fingerprint density at radius 3 is 2.62 bits per heavy atom. The fraction of sp³-hybridized carbons (Fsp3) is 0.588. The molecule has 1 aliphatic carbocycles. The van der Waals surface area contributed by atoms with Gasteiger partial charge in [0.15, 0.2) is 0 Å². The fourth-order valence-corrected chi connectivity index (χ4v) is 2.91. The number of hydrogen-bond acceptors (Lipinski definition) is 3. The maximum Gasteiger partial charge on any atom is 0.221 e. The van der Waals surface area contributed by atoms with E-state index in [1.165, 1.54) is 32.6 Å². The second kappa shape index (κ2) is 7.34. The molecule has 1 amide bonds. The van der Waals surface area contributed by atoms with Crippen LogP contribution in [0, 0.1) is 11.8 Å². The van der Waals surface area contributed by atoms with Crippen molar-refractivity contribution < 1.29 is 9.53 Å². The summed E-state index contributed by atoms with van der Waals surface area (Å²) in [5.74, 6) is 2.36. The molecule has 1 aromatic rings. The number of carbonyl (C=O) groups is 1. The van der Waals surface area contributed by atoms with Gasteiger partial charge in [0.05, 0.1) is 12.8 Å². The minimum Gasteiger partial charge on any atom is -0.495 e. The largest absolute Gasteiger partial charge is 0.495 e. The van der Waals surface area contributed by atoms with Crippen molar-refractivity contribution in [1.82, 2.24) is 0 Å². The molecule has 4 heteroatoms. The molecule has 4 nitrogen and oxygen atoms in total. The molecule has 0 radical (unpaired) electrons. The van der Waals surface area contributed by atoms with E-state index in [2.05, 4.69) is 17.6 Å². The minimum atomic E-state index is -0.0626. The highest BCUT2D eigenvalue weighted by Gasteiger charge is 2.18. The summed E-state index contributed by atoms with van der Waals surface area (Å²) in [5, 5.41) is 6.29. The van der Waals surface area contributed by atoms with Crippen LogP contribution in [-0.2, 0) is 4.79 Å². The van der Waals surface area contributed by atoms with Gasteiger partial charge in [-0.1, -0.05) is 19.8 Å². The molecular weight excluding hydrogens is 264 g/mol. The molecule has 0 unspecified atom stereocenters. The molecule has 2 rings (SSSR count). The van der Waals surface area contributed by atoms with Gasteiger partial charge in [0.2, 0.25) is 5.91 Å². The van der Waals surface area contributed by atoms with E-state index in [9.17, 15) is 4.79 Å². The topological polar surface area (TPSA) is 50.4 Å². The van der Waals surface area contributed by atoms with Gasteiger partial charge in [-0.25, -0.2) is 0 Å². The van der Waals surface area contributed by atoms with Crippen LogP contribution in [-0.4, -0.2) is 19.6 Å². The van der Waals surface area contributed by atoms with Gasteiger partial charge in [0.25, 0.3) is 0 Å². The van der Waals surface area contributed by atoms with E-state index in [1.54, 1.807) is 7.11 Å². The van der Waals surface area contributed by atoms with Crippen LogP contribution in [0.3, 0.4) is 0 Å². The van der Waals surface area contributed by atoms with Gasteiger partial charge in [-0.05, 0) is 42.9 Å². The van der Waals surface area contributed by atoms with E-state index >= 15 is 0 Å². The Morgan fingerprint density at radius 2 is 2.00 bits per heavy atom. The first-order valence-electron chi connectivity index (χ1n) is 7.78. The molecule has 2 N–H and O–H groups in total. The number of ether oxygens (including phenoxy) is 1. The number of methoxy groups -OCH3 is 1. The van der Waals surface area contributed by atoms with E-state index in [4.69, 9.17) is 4.74 Å². The molecule has 0 saturated heterocycles. The summed E-state index contributed by atoms with van der Waals surface area (Å²) in [5.41, 5.74) is 1.74. The number of rotatable bonds is 5. The maximum absolute atomic E-state index is 11.2. The van der Waals surface area contributed by atoms with E-state index in [-0.39, 0.29) is 5.91 Å². The average Bonchev–Trinajstić information content (AvgIpc) is 2.46. The average molecular weight is 290 g/mol. The number of hydrogen-bond donors (Lipinski definition) is 2. The third kappa shape index (κ3) is 4.66. The lowest BCUT2D eigenvalue weighted by molar-refractivity contribution is -0.114. The summed E-state index contributed by atoms with van der Waals surface area (Å²) in [6, 6.07) is 5.68. The van der Waals surface area contributed by atoms with Gasteiger partial charge in [-0.15, -0.1) is 0 Å². The zero-order chi connectivity index (χ0) is 15.2. The third-order valence-electron chi connectivity index (χ3n) is 4.24. The summed E-state index contributed by atoms with van der Waals surface area (Å²) in [7, 11) is 1.67. The molecule has 1 saturated carbocycles. The predicted octanol–water partition coefficient (Wildman–Crippen LogP) is 3.89. The van der Waals surface area contributed by atoms with Gasteiger partial charge < -0.3 is 15.4 Å². The first-order chi connectivity index (χ1) is 10.1. The standard InChI is InChI=1S/C17H26N2O2/c1-12-4-6-14(7-5-12)11-18-16-10-15(19-13(2)20)8-9-17(16)21-3/h8-10,12,14,18H,4-7,11H2,1-3H3,(H,19,20). The summed E-state index contributed by atoms with van der Waals surface area (Å²) in [6.07, 6.45) is 5.24. The van der Waals surface area contributed by atoms with Crippen molar-refractivity contribution in [2.24, 2.45) is 11.8 Å². The summed E-state index contributed by atoms with van der Waals surface area (Å²) >= 11 is 0. The molecule has 116 valence electrons. The maximum atomic E-state index is 11.2. The minimum absolute atomic E-state index is 0.0626. The number of anilines is 2. The Kier molecular flexibility index (Phi) is 5.48. The fourth-order valence-electron chi connectivity index (χ4n) is 2.91. The lowest BCUT2D eigenvalue weighted by Crippen LogP contribution is -2.20. The molecule has 0 heterocycles. The van der Waals surface area contributed by atoms with E-state index in [0.717, 1.165) is 35.5 Å². The van der Waals surface area contributed by atoms with Crippen molar-refractivity contribution in [2.75, 3.05) is 24.3 Å². The van der Waals surface area contributed by atoms with Crippen molar-refractivity contribution in [3.05, 3.63) is 18.2 Å². The number of nitrogens with one attached hydrogen (secondary N) is 2. The van der Waals surface area contributed by atoms with Crippen LogP contribution in [0.4, 0.5) is 11.4 Å². The summed E-state index contributed by atoms with van der Waals surface area (Å²) in [6.45, 7) is 4.82. The van der Waals surface area contributed by atoms with Gasteiger partial charge in [-0.3, -0.25) is 4.79 Å². The molecule has 1 aromatic carbocycles. The van der Waals surface area contributed by atoms with Crippen LogP contribution in [0.25, 0.3) is 0 Å². The van der Waals surface area contributed by atoms with Crippen molar-refractivity contribution in [3.8, 4) is 5.75 Å². The molecule has 0 aliphatic heterocycles. The highest BCUT2D eigenvalue weighted by atomic mass is 16.5. The van der Waals surface area contributed by atoms with Crippen molar-refractivity contribution in [3.63, 3.8) is 0 Å². The van der Waals surface area contributed by atoms with Crippen LogP contribution in [0.15, 0.2) is 18.2 Å². The molecule has 0 bridgehead atoms. The Bertz CT molecular complexity index is 480. The van der Waals surface area contributed by atoms with Crippen molar-refractivity contribution >= 4 is 17.3 Å². The smallest absolute Gasteiger partial charge is 0.221 e. The van der Waals surface area contributed by atoms with Crippen molar-refractivity contribution in [1.29, 1.82) is 0 Å². The molecule has 0 spiro atoms. The second-order valence-corrected chi connectivity index (χ2v) is 6.10. The molecular formula is C17H26N2O2. The number of carbonyl (C=O) groups excluding carboxylic acids is 1. The third-order valence-corrected chi connectivity index (χ3v) is 4.24. The quantitative estimate of drug-likeness (QED) is 0.865. The Balaban J connectivity index is 1.98. The number of amides is 1. The SMILES string of the molecule is COc1ccc(NC(C)=O)cc1NCC1CCC(C)CC1. The van der Waals surface area contributed by atoms with E-state index in [0.29, 0.717) is 0 Å². The Labute approximate surface area is 127 Å². The monoisotopic (exact) mass is 290 g/mol. The van der Waals surface area contributed by atoms with Crippen LogP contribution in [0.1, 0.15) is 39.5 Å². The highest BCUT2D eigenvalue weighted by molar-refractivity contribution is 5.89. The Morgan fingerprint density at radius 1 is 1.29 bits per heavy atom. The molecule has 1 fully saturated rings.